The zero-order valence-electron chi connectivity index (χ0n) is 11.1. The first-order chi connectivity index (χ1) is 9.50. The van der Waals surface area contributed by atoms with E-state index in [1.54, 1.807) is 6.07 Å². The van der Waals surface area contributed by atoms with Crippen LogP contribution in [0.25, 0.3) is 0 Å². The number of ketones is 1. The van der Waals surface area contributed by atoms with Crippen LogP contribution in [0, 0.1) is 11.2 Å². The van der Waals surface area contributed by atoms with Crippen LogP contribution in [0.2, 0.25) is 0 Å². The fourth-order valence-corrected chi connectivity index (χ4v) is 3.39. The average Bonchev–Trinajstić information content (AvgIpc) is 2.65. The largest absolute Gasteiger partial charge is 0.480 e. The van der Waals surface area contributed by atoms with Crippen molar-refractivity contribution in [3.05, 3.63) is 35.1 Å². The monoisotopic (exact) mass is 277 g/mol. The van der Waals surface area contributed by atoms with Crippen LogP contribution in [-0.2, 0) is 11.2 Å². The van der Waals surface area contributed by atoms with E-state index < -0.39 is 11.4 Å². The molecule has 20 heavy (non-hydrogen) atoms. The van der Waals surface area contributed by atoms with Crippen LogP contribution in [0.4, 0.5) is 4.39 Å². The molecule has 1 aliphatic heterocycles. The predicted molar refractivity (Wildman–Crippen MR) is 70.2 cm³/mol. The molecule has 106 valence electrons. The van der Waals surface area contributed by atoms with Gasteiger partial charge in [0.05, 0.1) is 6.54 Å². The van der Waals surface area contributed by atoms with Gasteiger partial charge in [-0.05, 0) is 56.1 Å². The SMILES string of the molecule is O=C(O)CN1CCC2(CC1)Cc1cc(F)ccc1C2=O. The Morgan fingerprint density at radius 1 is 1.35 bits per heavy atom. The number of carboxylic acid groups (broad SMARTS) is 1. The minimum atomic E-state index is -0.843. The summed E-state index contributed by atoms with van der Waals surface area (Å²) in [5.41, 5.74) is 0.991. The number of hydrogen-bond acceptors (Lipinski definition) is 3. The Kier molecular flexibility index (Phi) is 3.09. The summed E-state index contributed by atoms with van der Waals surface area (Å²) < 4.78 is 13.3. The Bertz CT molecular complexity index is 576. The van der Waals surface area contributed by atoms with Crippen molar-refractivity contribution in [2.75, 3.05) is 19.6 Å². The summed E-state index contributed by atoms with van der Waals surface area (Å²) in [4.78, 5) is 25.1. The molecule has 1 fully saturated rings. The Labute approximate surface area is 116 Å². The number of fused-ring (bicyclic) bond motifs is 1. The number of hydrogen-bond donors (Lipinski definition) is 1. The quantitative estimate of drug-likeness (QED) is 0.894. The van der Waals surface area contributed by atoms with Gasteiger partial charge in [-0.1, -0.05) is 0 Å². The fourth-order valence-electron chi connectivity index (χ4n) is 3.39. The summed E-state index contributed by atoms with van der Waals surface area (Å²) in [7, 11) is 0. The third-order valence-corrected chi connectivity index (χ3v) is 4.49. The lowest BCUT2D eigenvalue weighted by molar-refractivity contribution is -0.138. The smallest absolute Gasteiger partial charge is 0.317 e. The summed E-state index contributed by atoms with van der Waals surface area (Å²) in [6, 6.07) is 4.35. The Hall–Kier alpha value is -1.75. The lowest BCUT2D eigenvalue weighted by atomic mass is 9.75. The van der Waals surface area contributed by atoms with E-state index in [9.17, 15) is 14.0 Å². The van der Waals surface area contributed by atoms with Crippen LogP contribution < -0.4 is 0 Å². The first kappa shape index (κ1) is 13.2. The van der Waals surface area contributed by atoms with Crippen LogP contribution >= 0.6 is 0 Å². The number of halogens is 1. The molecule has 1 aromatic rings. The van der Waals surface area contributed by atoms with Gasteiger partial charge in [0, 0.05) is 11.0 Å². The Morgan fingerprint density at radius 3 is 2.70 bits per heavy atom. The number of aliphatic carboxylic acids is 1. The zero-order valence-corrected chi connectivity index (χ0v) is 11.1. The highest BCUT2D eigenvalue weighted by Crippen LogP contribution is 2.44. The molecular formula is C15H16FNO3. The standard InChI is InChI=1S/C15H16FNO3/c16-11-1-2-12-10(7-11)8-15(14(12)20)3-5-17(6-4-15)9-13(18)19/h1-2,7H,3-6,8-9H2,(H,18,19). The number of carboxylic acids is 1. The van der Waals surface area contributed by atoms with Crippen molar-refractivity contribution in [1.29, 1.82) is 0 Å². The van der Waals surface area contributed by atoms with Crippen LogP contribution in [0.15, 0.2) is 18.2 Å². The number of nitrogens with zero attached hydrogens (tertiary/aromatic N) is 1. The number of likely N-dealkylation sites (tertiary alicyclic amines) is 1. The van der Waals surface area contributed by atoms with Crippen molar-refractivity contribution in [3.8, 4) is 0 Å². The Balaban J connectivity index is 1.77. The Morgan fingerprint density at radius 2 is 2.05 bits per heavy atom. The molecule has 0 aromatic heterocycles. The molecule has 5 heteroatoms. The molecule has 1 aliphatic carbocycles. The van der Waals surface area contributed by atoms with E-state index in [1.165, 1.54) is 12.1 Å². The second-order valence-electron chi connectivity index (χ2n) is 5.76. The first-order valence-electron chi connectivity index (χ1n) is 6.78. The molecule has 4 nitrogen and oxygen atoms in total. The molecular weight excluding hydrogens is 261 g/mol. The highest BCUT2D eigenvalue weighted by molar-refractivity contribution is 6.05. The minimum Gasteiger partial charge on any atom is -0.480 e. The fraction of sp³-hybridized carbons (Fsp3) is 0.467. The van der Waals surface area contributed by atoms with Gasteiger partial charge in [-0.2, -0.15) is 0 Å². The highest BCUT2D eigenvalue weighted by atomic mass is 19.1. The normalized spacial score (nSPS) is 21.1. The zero-order chi connectivity index (χ0) is 14.3. The van der Waals surface area contributed by atoms with Crippen LogP contribution in [-0.4, -0.2) is 41.4 Å². The van der Waals surface area contributed by atoms with Crippen molar-refractivity contribution >= 4 is 11.8 Å². The van der Waals surface area contributed by atoms with Crippen molar-refractivity contribution in [3.63, 3.8) is 0 Å². The number of rotatable bonds is 2. The molecule has 3 rings (SSSR count). The van der Waals surface area contributed by atoms with Gasteiger partial charge in [-0.15, -0.1) is 0 Å². The number of piperidine rings is 1. The maximum Gasteiger partial charge on any atom is 0.317 e. The van der Waals surface area contributed by atoms with Crippen LogP contribution in [0.3, 0.4) is 0 Å². The summed E-state index contributed by atoms with van der Waals surface area (Å²) >= 11 is 0. The molecule has 2 aliphatic rings. The van der Waals surface area contributed by atoms with Gasteiger partial charge in [0.2, 0.25) is 0 Å². The molecule has 0 amide bonds. The van der Waals surface area contributed by atoms with E-state index in [-0.39, 0.29) is 18.1 Å². The minimum absolute atomic E-state index is 0.0197. The van der Waals surface area contributed by atoms with E-state index in [0.717, 1.165) is 5.56 Å². The molecule has 1 heterocycles. The second-order valence-corrected chi connectivity index (χ2v) is 5.76. The van der Waals surface area contributed by atoms with Crippen LogP contribution in [0.1, 0.15) is 28.8 Å². The van der Waals surface area contributed by atoms with Gasteiger partial charge in [-0.3, -0.25) is 14.5 Å². The highest BCUT2D eigenvalue weighted by Gasteiger charge is 2.47. The maximum absolute atomic E-state index is 13.3. The van der Waals surface area contributed by atoms with E-state index in [4.69, 9.17) is 5.11 Å². The summed E-state index contributed by atoms with van der Waals surface area (Å²) in [6.45, 7) is 1.23. The summed E-state index contributed by atoms with van der Waals surface area (Å²) in [5, 5.41) is 8.80. The molecule has 1 spiro atoms. The predicted octanol–water partition coefficient (Wildman–Crippen LogP) is 1.73. The molecule has 0 bridgehead atoms. The van der Waals surface area contributed by atoms with E-state index in [0.29, 0.717) is 37.9 Å². The number of benzene rings is 1. The molecule has 0 unspecified atom stereocenters. The van der Waals surface area contributed by atoms with Crippen molar-refractivity contribution in [2.45, 2.75) is 19.3 Å². The molecule has 0 saturated carbocycles. The topological polar surface area (TPSA) is 57.6 Å². The molecule has 1 saturated heterocycles. The van der Waals surface area contributed by atoms with E-state index >= 15 is 0 Å². The number of carbonyl (C=O) groups excluding carboxylic acids is 1. The van der Waals surface area contributed by atoms with E-state index in [1.807, 2.05) is 4.90 Å². The third-order valence-electron chi connectivity index (χ3n) is 4.49. The van der Waals surface area contributed by atoms with Gasteiger partial charge in [0.15, 0.2) is 5.78 Å². The van der Waals surface area contributed by atoms with E-state index in [2.05, 4.69) is 0 Å². The lowest BCUT2D eigenvalue weighted by Crippen LogP contribution is -2.44. The molecule has 1 aromatic carbocycles. The average molecular weight is 277 g/mol. The van der Waals surface area contributed by atoms with Crippen molar-refractivity contribution in [2.24, 2.45) is 5.41 Å². The van der Waals surface area contributed by atoms with Gasteiger partial charge in [-0.25, -0.2) is 4.39 Å². The number of Topliss-reactive ketones (excluding diaryl/α,β-unsaturated/α-hetero) is 1. The summed E-state index contributed by atoms with van der Waals surface area (Å²) in [5.74, 6) is -1.05. The van der Waals surface area contributed by atoms with Gasteiger partial charge >= 0.3 is 5.97 Å². The molecule has 1 N–H and O–H groups in total. The van der Waals surface area contributed by atoms with Crippen molar-refractivity contribution in [1.82, 2.24) is 4.90 Å². The maximum atomic E-state index is 13.3. The molecule has 0 atom stereocenters. The number of carbonyl (C=O) groups is 2. The first-order valence-corrected chi connectivity index (χ1v) is 6.78. The molecule has 0 radical (unpaired) electrons. The van der Waals surface area contributed by atoms with Gasteiger partial charge in [0.25, 0.3) is 0 Å². The second kappa shape index (κ2) is 4.66. The summed E-state index contributed by atoms with van der Waals surface area (Å²) in [6.07, 6.45) is 1.88. The van der Waals surface area contributed by atoms with Crippen molar-refractivity contribution < 1.29 is 19.1 Å². The van der Waals surface area contributed by atoms with Gasteiger partial charge < -0.3 is 5.11 Å². The third kappa shape index (κ3) is 2.12. The lowest BCUT2D eigenvalue weighted by Gasteiger charge is -2.37. The van der Waals surface area contributed by atoms with Crippen LogP contribution in [0.5, 0.6) is 0 Å². The van der Waals surface area contributed by atoms with Gasteiger partial charge in [0.1, 0.15) is 5.82 Å².